The van der Waals surface area contributed by atoms with Gasteiger partial charge in [0.15, 0.2) is 0 Å². The quantitative estimate of drug-likeness (QED) is 0.865. The van der Waals surface area contributed by atoms with Gasteiger partial charge < -0.3 is 14.8 Å². The first kappa shape index (κ1) is 14.2. The molecule has 1 fully saturated rings. The average Bonchev–Trinajstić information content (AvgIpc) is 2.83. The van der Waals surface area contributed by atoms with Gasteiger partial charge in [0.25, 0.3) is 0 Å². The minimum absolute atomic E-state index is 0.0240. The molecule has 1 aromatic rings. The summed E-state index contributed by atoms with van der Waals surface area (Å²) in [4.78, 5) is 11.4. The van der Waals surface area contributed by atoms with Gasteiger partial charge in [0.05, 0.1) is 7.11 Å². The second-order valence-corrected chi connectivity index (χ2v) is 5.21. The molecule has 1 heterocycles. The van der Waals surface area contributed by atoms with E-state index in [9.17, 15) is 4.79 Å². The molecule has 0 amide bonds. The Morgan fingerprint density at radius 3 is 2.58 bits per heavy atom. The number of carbonyl (C=O) groups is 1. The summed E-state index contributed by atoms with van der Waals surface area (Å²) in [6.45, 7) is 4.54. The third kappa shape index (κ3) is 3.19. The lowest BCUT2D eigenvalue weighted by molar-refractivity contribution is -0.142. The van der Waals surface area contributed by atoms with Crippen molar-refractivity contribution in [2.75, 3.05) is 13.7 Å². The number of nitrogens with one attached hydrogen (secondary N) is 1. The molecule has 0 aliphatic carbocycles. The molecule has 1 aromatic carbocycles. The lowest BCUT2D eigenvalue weighted by Gasteiger charge is -2.15. The van der Waals surface area contributed by atoms with Crippen LogP contribution in [-0.2, 0) is 9.53 Å². The van der Waals surface area contributed by atoms with Crippen molar-refractivity contribution >= 4 is 17.6 Å². The smallest absolute Gasteiger partial charge is 0.323 e. The molecular formula is C14H18ClNO3. The molecule has 2 rings (SSSR count). The lowest BCUT2D eigenvalue weighted by Crippen LogP contribution is -2.31. The largest absolute Gasteiger partial charge is 0.489 e. The summed E-state index contributed by atoms with van der Waals surface area (Å²) in [7, 11) is 1.39. The minimum Gasteiger partial charge on any atom is -0.489 e. The van der Waals surface area contributed by atoms with Crippen molar-refractivity contribution in [2.45, 2.75) is 32.4 Å². The zero-order chi connectivity index (χ0) is 14.0. The van der Waals surface area contributed by atoms with Crippen molar-refractivity contribution < 1.29 is 14.3 Å². The molecule has 2 atom stereocenters. The van der Waals surface area contributed by atoms with Gasteiger partial charge in [-0.25, -0.2) is 0 Å². The highest BCUT2D eigenvalue weighted by molar-refractivity contribution is 6.32. The summed E-state index contributed by atoms with van der Waals surface area (Å²) in [5, 5.41) is 3.86. The molecule has 0 aromatic heterocycles. The first-order valence-corrected chi connectivity index (χ1v) is 6.63. The van der Waals surface area contributed by atoms with Crippen LogP contribution in [0.4, 0.5) is 0 Å². The van der Waals surface area contributed by atoms with Crippen LogP contribution in [0.1, 0.15) is 17.5 Å². The molecule has 104 valence electrons. The van der Waals surface area contributed by atoms with Crippen LogP contribution in [0.2, 0.25) is 5.02 Å². The Morgan fingerprint density at radius 1 is 1.37 bits per heavy atom. The fraction of sp³-hybridized carbons (Fsp3) is 0.500. The van der Waals surface area contributed by atoms with E-state index in [2.05, 4.69) is 5.32 Å². The highest BCUT2D eigenvalue weighted by atomic mass is 35.5. The van der Waals surface area contributed by atoms with E-state index in [-0.39, 0.29) is 18.1 Å². The van der Waals surface area contributed by atoms with Crippen molar-refractivity contribution in [2.24, 2.45) is 0 Å². The van der Waals surface area contributed by atoms with Gasteiger partial charge in [-0.2, -0.15) is 0 Å². The molecule has 0 spiro atoms. The maximum Gasteiger partial charge on any atom is 0.323 e. The van der Waals surface area contributed by atoms with Gasteiger partial charge >= 0.3 is 5.97 Å². The summed E-state index contributed by atoms with van der Waals surface area (Å²) in [6, 6.07) is 3.56. The van der Waals surface area contributed by atoms with E-state index in [4.69, 9.17) is 21.1 Å². The van der Waals surface area contributed by atoms with Crippen molar-refractivity contribution in [3.8, 4) is 5.75 Å². The van der Waals surface area contributed by atoms with Crippen LogP contribution in [0.25, 0.3) is 0 Å². The van der Waals surface area contributed by atoms with Gasteiger partial charge in [-0.15, -0.1) is 0 Å². The molecule has 1 aliphatic heterocycles. The molecule has 4 nitrogen and oxygen atoms in total. The molecule has 1 aliphatic rings. The average molecular weight is 284 g/mol. The standard InChI is InChI=1S/C14H18ClNO3/c1-8-4-10(5-9(2)13(8)15)19-11-6-12(16-7-11)14(17)18-3/h4-5,11-12,16H,6-7H2,1-3H3. The first-order chi connectivity index (χ1) is 9.01. The number of rotatable bonds is 3. The molecular weight excluding hydrogens is 266 g/mol. The highest BCUT2D eigenvalue weighted by Crippen LogP contribution is 2.27. The number of esters is 1. The number of benzene rings is 1. The van der Waals surface area contributed by atoms with Gasteiger partial charge in [0.1, 0.15) is 17.9 Å². The molecule has 0 bridgehead atoms. The van der Waals surface area contributed by atoms with Crippen molar-refractivity contribution in [1.29, 1.82) is 0 Å². The number of halogens is 1. The van der Waals surface area contributed by atoms with Gasteiger partial charge in [-0.3, -0.25) is 4.79 Å². The van der Waals surface area contributed by atoms with Crippen LogP contribution in [0.3, 0.4) is 0 Å². The first-order valence-electron chi connectivity index (χ1n) is 6.26. The van der Waals surface area contributed by atoms with Crippen LogP contribution < -0.4 is 10.1 Å². The van der Waals surface area contributed by atoms with E-state index in [1.54, 1.807) is 0 Å². The van der Waals surface area contributed by atoms with Gasteiger partial charge in [-0.05, 0) is 37.1 Å². The monoisotopic (exact) mass is 283 g/mol. The van der Waals surface area contributed by atoms with Crippen LogP contribution >= 0.6 is 11.6 Å². The third-order valence-corrected chi connectivity index (χ3v) is 3.89. The summed E-state index contributed by atoms with van der Waals surface area (Å²) < 4.78 is 10.6. The Labute approximate surface area is 118 Å². The Morgan fingerprint density at radius 2 is 2.00 bits per heavy atom. The van der Waals surface area contributed by atoms with E-state index < -0.39 is 0 Å². The number of aryl methyl sites for hydroxylation is 2. The van der Waals surface area contributed by atoms with E-state index in [0.717, 1.165) is 21.9 Å². The number of carbonyl (C=O) groups excluding carboxylic acids is 1. The summed E-state index contributed by atoms with van der Waals surface area (Å²) in [5.41, 5.74) is 1.99. The van der Waals surface area contributed by atoms with Crippen LogP contribution in [0.15, 0.2) is 12.1 Å². The molecule has 5 heteroatoms. The van der Waals surface area contributed by atoms with Gasteiger partial charge in [0, 0.05) is 18.0 Å². The van der Waals surface area contributed by atoms with Crippen LogP contribution in [0, 0.1) is 13.8 Å². The van der Waals surface area contributed by atoms with Crippen molar-refractivity contribution in [3.05, 3.63) is 28.3 Å². The molecule has 1 N–H and O–H groups in total. The number of ether oxygens (including phenoxy) is 2. The second-order valence-electron chi connectivity index (χ2n) is 4.83. The van der Waals surface area contributed by atoms with Crippen LogP contribution in [0.5, 0.6) is 5.75 Å². The highest BCUT2D eigenvalue weighted by Gasteiger charge is 2.31. The normalized spacial score (nSPS) is 22.3. The number of hydrogen-bond donors (Lipinski definition) is 1. The van der Waals surface area contributed by atoms with E-state index in [0.29, 0.717) is 13.0 Å². The number of hydrogen-bond acceptors (Lipinski definition) is 4. The Bertz CT molecular complexity index is 467. The lowest BCUT2D eigenvalue weighted by atomic mass is 10.1. The van der Waals surface area contributed by atoms with E-state index >= 15 is 0 Å². The Kier molecular flexibility index (Phi) is 4.32. The fourth-order valence-electron chi connectivity index (χ4n) is 2.28. The SMILES string of the molecule is COC(=O)C1CC(Oc2cc(C)c(Cl)c(C)c2)CN1. The predicted octanol–water partition coefficient (Wildman–Crippen LogP) is 2.24. The predicted molar refractivity (Wildman–Crippen MR) is 73.8 cm³/mol. The van der Waals surface area contributed by atoms with Crippen LogP contribution in [-0.4, -0.2) is 31.8 Å². The second kappa shape index (κ2) is 5.80. The summed E-state index contributed by atoms with van der Waals surface area (Å²) >= 11 is 6.12. The van der Waals surface area contributed by atoms with Crippen molar-refractivity contribution in [1.82, 2.24) is 5.32 Å². The molecule has 1 saturated heterocycles. The number of methoxy groups -OCH3 is 1. The maximum atomic E-state index is 11.4. The molecule has 0 radical (unpaired) electrons. The minimum atomic E-state index is -0.274. The van der Waals surface area contributed by atoms with Crippen molar-refractivity contribution in [3.63, 3.8) is 0 Å². The zero-order valence-corrected chi connectivity index (χ0v) is 12.1. The maximum absolute atomic E-state index is 11.4. The summed E-state index contributed by atoms with van der Waals surface area (Å²) in [6.07, 6.45) is 0.594. The fourth-order valence-corrected chi connectivity index (χ4v) is 2.39. The van der Waals surface area contributed by atoms with E-state index in [1.165, 1.54) is 7.11 Å². The summed E-state index contributed by atoms with van der Waals surface area (Å²) in [5.74, 6) is 0.547. The Hall–Kier alpha value is -1.26. The van der Waals surface area contributed by atoms with Gasteiger partial charge in [0.2, 0.25) is 0 Å². The topological polar surface area (TPSA) is 47.6 Å². The molecule has 2 unspecified atom stereocenters. The molecule has 0 saturated carbocycles. The molecule has 19 heavy (non-hydrogen) atoms. The Balaban J connectivity index is 2.01. The zero-order valence-electron chi connectivity index (χ0n) is 11.3. The third-order valence-electron chi connectivity index (χ3n) is 3.29. The van der Waals surface area contributed by atoms with E-state index in [1.807, 2.05) is 26.0 Å². The van der Waals surface area contributed by atoms with Gasteiger partial charge in [-0.1, -0.05) is 11.6 Å².